The molecule has 4 rings (SSSR count). The predicted molar refractivity (Wildman–Crippen MR) is 107 cm³/mol. The normalized spacial score (nSPS) is 16.1. The highest BCUT2D eigenvalue weighted by atomic mass is 79.9. The smallest absolute Gasteiger partial charge is 0.243 e. The van der Waals surface area contributed by atoms with Gasteiger partial charge in [-0.25, -0.2) is 17.2 Å². The van der Waals surface area contributed by atoms with Gasteiger partial charge in [0.1, 0.15) is 0 Å². The van der Waals surface area contributed by atoms with E-state index in [4.69, 9.17) is 0 Å². The molecule has 0 aliphatic carbocycles. The molecule has 158 valence electrons. The Labute approximate surface area is 180 Å². The molecule has 1 aliphatic rings. The number of hydrogen-bond donors (Lipinski definition) is 0. The van der Waals surface area contributed by atoms with Crippen LogP contribution in [0.25, 0.3) is 5.69 Å². The maximum atomic E-state index is 13.5. The average Bonchev–Trinajstić information content (AvgIpc) is 3.19. The Morgan fingerprint density at radius 3 is 2.33 bits per heavy atom. The van der Waals surface area contributed by atoms with E-state index in [0.717, 1.165) is 16.6 Å². The first kappa shape index (κ1) is 21.0. The lowest BCUT2D eigenvalue weighted by atomic mass is 10.3. The number of nitrogens with zero attached hydrogens (tertiary/aromatic N) is 6. The van der Waals surface area contributed by atoms with Crippen molar-refractivity contribution >= 4 is 26.0 Å². The summed E-state index contributed by atoms with van der Waals surface area (Å²) in [5.41, 5.74) is 0.311. The number of benzene rings is 2. The van der Waals surface area contributed by atoms with Gasteiger partial charge in [-0.3, -0.25) is 4.90 Å². The number of sulfonamides is 1. The van der Waals surface area contributed by atoms with Gasteiger partial charge in [-0.15, -0.1) is 5.10 Å². The zero-order valence-electron chi connectivity index (χ0n) is 15.6. The van der Waals surface area contributed by atoms with Gasteiger partial charge in [0.05, 0.1) is 17.1 Å². The third-order valence-corrected chi connectivity index (χ3v) is 7.27. The van der Waals surface area contributed by atoms with Crippen LogP contribution in [0.2, 0.25) is 0 Å². The second-order valence-corrected chi connectivity index (χ2v) is 9.59. The molecule has 2 aromatic carbocycles. The molecule has 0 atom stereocenters. The van der Waals surface area contributed by atoms with E-state index >= 15 is 0 Å². The lowest BCUT2D eigenvalue weighted by molar-refractivity contribution is 0.177. The van der Waals surface area contributed by atoms with Gasteiger partial charge in [0, 0.05) is 36.7 Å². The Kier molecular flexibility index (Phi) is 5.91. The second-order valence-electron chi connectivity index (χ2n) is 6.74. The van der Waals surface area contributed by atoms with E-state index in [2.05, 4.69) is 31.5 Å². The minimum atomic E-state index is -3.56. The first-order valence-electron chi connectivity index (χ1n) is 9.05. The van der Waals surface area contributed by atoms with Crippen molar-refractivity contribution in [1.29, 1.82) is 0 Å². The first-order chi connectivity index (χ1) is 14.3. The Morgan fingerprint density at radius 2 is 1.67 bits per heavy atom. The molecule has 0 bridgehead atoms. The van der Waals surface area contributed by atoms with E-state index < -0.39 is 21.7 Å². The summed E-state index contributed by atoms with van der Waals surface area (Å²) in [5, 5.41) is 11.5. The largest absolute Gasteiger partial charge is 0.293 e. The molecule has 0 spiro atoms. The summed E-state index contributed by atoms with van der Waals surface area (Å²) in [7, 11) is -3.56. The van der Waals surface area contributed by atoms with Gasteiger partial charge in [0.25, 0.3) is 0 Å². The van der Waals surface area contributed by atoms with E-state index in [9.17, 15) is 17.2 Å². The Balaban J connectivity index is 1.43. The maximum absolute atomic E-state index is 13.5. The molecule has 0 unspecified atom stereocenters. The van der Waals surface area contributed by atoms with Crippen LogP contribution in [-0.4, -0.2) is 64.0 Å². The fourth-order valence-corrected chi connectivity index (χ4v) is 4.89. The molecule has 1 aliphatic heterocycles. The van der Waals surface area contributed by atoms with Gasteiger partial charge in [-0.2, -0.15) is 8.99 Å². The SMILES string of the molecule is O=S(=O)(c1ccc(Br)cc1)N1CCN(Cc2nnnn2-c2ccc(F)c(F)c2)CC1. The van der Waals surface area contributed by atoms with Crippen LogP contribution in [0.3, 0.4) is 0 Å². The molecule has 0 amide bonds. The number of aromatic nitrogens is 4. The van der Waals surface area contributed by atoms with Gasteiger partial charge >= 0.3 is 0 Å². The third kappa shape index (κ3) is 4.26. The predicted octanol–water partition coefficient (Wildman–Crippen LogP) is 2.21. The highest BCUT2D eigenvalue weighted by Gasteiger charge is 2.29. The van der Waals surface area contributed by atoms with E-state index in [1.165, 1.54) is 15.1 Å². The molecule has 8 nitrogen and oxygen atoms in total. The number of piperazine rings is 1. The second kappa shape index (κ2) is 8.46. The summed E-state index contributed by atoms with van der Waals surface area (Å²) in [5.74, 6) is -1.48. The third-order valence-electron chi connectivity index (χ3n) is 4.83. The Bertz CT molecular complexity index is 1150. The fourth-order valence-electron chi connectivity index (χ4n) is 3.21. The van der Waals surface area contributed by atoms with Crippen molar-refractivity contribution in [2.75, 3.05) is 26.2 Å². The van der Waals surface area contributed by atoms with Crippen molar-refractivity contribution in [3.63, 3.8) is 0 Å². The molecular weight excluding hydrogens is 482 g/mol. The van der Waals surface area contributed by atoms with Crippen molar-refractivity contribution in [2.24, 2.45) is 0 Å². The number of tetrazole rings is 1. The van der Waals surface area contributed by atoms with Crippen LogP contribution >= 0.6 is 15.9 Å². The molecule has 0 saturated carbocycles. The fraction of sp³-hybridized carbons (Fsp3) is 0.278. The van der Waals surface area contributed by atoms with Crippen molar-refractivity contribution in [3.05, 3.63) is 64.4 Å². The van der Waals surface area contributed by atoms with Crippen LogP contribution < -0.4 is 0 Å². The Morgan fingerprint density at radius 1 is 0.967 bits per heavy atom. The first-order valence-corrected chi connectivity index (χ1v) is 11.3. The lowest BCUT2D eigenvalue weighted by Gasteiger charge is -2.33. The molecule has 0 N–H and O–H groups in total. The van der Waals surface area contributed by atoms with E-state index in [1.54, 1.807) is 24.3 Å². The topological polar surface area (TPSA) is 84.2 Å². The quantitative estimate of drug-likeness (QED) is 0.536. The van der Waals surface area contributed by atoms with Crippen LogP contribution in [0.4, 0.5) is 8.78 Å². The van der Waals surface area contributed by atoms with Crippen molar-refractivity contribution in [2.45, 2.75) is 11.4 Å². The zero-order chi connectivity index (χ0) is 21.3. The van der Waals surface area contributed by atoms with Gasteiger partial charge < -0.3 is 0 Å². The van der Waals surface area contributed by atoms with Crippen molar-refractivity contribution in [3.8, 4) is 5.69 Å². The van der Waals surface area contributed by atoms with E-state index in [1.807, 2.05) is 4.90 Å². The summed E-state index contributed by atoms with van der Waals surface area (Å²) >= 11 is 3.30. The van der Waals surface area contributed by atoms with Crippen molar-refractivity contribution in [1.82, 2.24) is 29.4 Å². The summed E-state index contributed by atoms with van der Waals surface area (Å²) < 4.78 is 56.0. The minimum Gasteiger partial charge on any atom is -0.293 e. The number of hydrogen-bond acceptors (Lipinski definition) is 6. The summed E-state index contributed by atoms with van der Waals surface area (Å²) in [4.78, 5) is 2.26. The van der Waals surface area contributed by atoms with Gasteiger partial charge in [0.15, 0.2) is 17.5 Å². The monoisotopic (exact) mass is 498 g/mol. The molecule has 2 heterocycles. The zero-order valence-corrected chi connectivity index (χ0v) is 18.0. The Hall–Kier alpha value is -2.28. The highest BCUT2D eigenvalue weighted by molar-refractivity contribution is 9.10. The van der Waals surface area contributed by atoms with Crippen molar-refractivity contribution < 1.29 is 17.2 Å². The highest BCUT2D eigenvalue weighted by Crippen LogP contribution is 2.21. The average molecular weight is 499 g/mol. The molecule has 12 heteroatoms. The van der Waals surface area contributed by atoms with E-state index in [-0.39, 0.29) is 4.90 Å². The van der Waals surface area contributed by atoms with E-state index in [0.29, 0.717) is 44.2 Å². The number of rotatable bonds is 5. The lowest BCUT2D eigenvalue weighted by Crippen LogP contribution is -2.48. The summed E-state index contributed by atoms with van der Waals surface area (Å²) in [6.07, 6.45) is 0. The van der Waals surface area contributed by atoms with Gasteiger partial charge in [0.2, 0.25) is 10.0 Å². The molecule has 0 radical (unpaired) electrons. The molecule has 1 aromatic heterocycles. The maximum Gasteiger partial charge on any atom is 0.243 e. The standard InChI is InChI=1S/C18H17BrF2N6O2S/c19-13-1-4-15(5-2-13)30(28,29)26-9-7-25(8-10-26)12-18-22-23-24-27(18)14-3-6-16(20)17(21)11-14/h1-6,11H,7-10,12H2. The van der Waals surface area contributed by atoms with Crippen LogP contribution in [0.1, 0.15) is 5.82 Å². The van der Waals surface area contributed by atoms with Gasteiger partial charge in [-0.1, -0.05) is 15.9 Å². The number of halogens is 3. The minimum absolute atomic E-state index is 0.251. The molecule has 3 aromatic rings. The molecule has 1 saturated heterocycles. The summed E-state index contributed by atoms with van der Waals surface area (Å²) in [6, 6.07) is 9.97. The molecule has 1 fully saturated rings. The van der Waals surface area contributed by atoms with Crippen LogP contribution in [0.5, 0.6) is 0 Å². The van der Waals surface area contributed by atoms with Crippen LogP contribution in [0, 0.1) is 11.6 Å². The van der Waals surface area contributed by atoms with Gasteiger partial charge in [-0.05, 0) is 46.8 Å². The van der Waals surface area contributed by atoms with Crippen LogP contribution in [0.15, 0.2) is 51.8 Å². The molecular formula is C18H17BrF2N6O2S. The summed E-state index contributed by atoms with van der Waals surface area (Å²) in [6.45, 7) is 1.97. The molecule has 30 heavy (non-hydrogen) atoms. The van der Waals surface area contributed by atoms with Crippen LogP contribution in [-0.2, 0) is 16.6 Å².